The smallest absolute Gasteiger partial charge is 0.243 e. The molecule has 4 heteroatoms. The highest BCUT2D eigenvalue weighted by molar-refractivity contribution is 5.74. The summed E-state index contributed by atoms with van der Waals surface area (Å²) in [7, 11) is 0. The van der Waals surface area contributed by atoms with E-state index in [-0.39, 0.29) is 11.8 Å². The molecule has 2 aromatic rings. The number of hydrogen-bond donors (Lipinski definition) is 2. The third kappa shape index (κ3) is 3.90. The zero-order chi connectivity index (χ0) is 14.4. The number of nitrogens with one attached hydrogen (secondary N) is 1. The summed E-state index contributed by atoms with van der Waals surface area (Å²) in [5.74, 6) is -0.157. The maximum absolute atomic E-state index is 11.1. The van der Waals surface area contributed by atoms with E-state index < -0.39 is 0 Å². The Balaban J connectivity index is 2.00. The van der Waals surface area contributed by atoms with E-state index in [1.807, 2.05) is 25.3 Å². The van der Waals surface area contributed by atoms with Gasteiger partial charge in [0.2, 0.25) is 5.91 Å². The topological polar surface area (TPSA) is 62.2 Å². The first kappa shape index (κ1) is 14.2. The van der Waals surface area contributed by atoms with Gasteiger partial charge < -0.3 is 0 Å². The minimum atomic E-state index is -0.343. The number of aromatic nitrogens is 1. The minimum Gasteiger partial charge on any atom is -0.289 e. The van der Waals surface area contributed by atoms with Crippen LogP contribution in [0.2, 0.25) is 0 Å². The lowest BCUT2D eigenvalue weighted by atomic mass is 9.96. The second-order valence-electron chi connectivity index (χ2n) is 4.99. The van der Waals surface area contributed by atoms with Crippen molar-refractivity contribution in [2.24, 2.45) is 5.92 Å². The Morgan fingerprint density at radius 3 is 2.60 bits per heavy atom. The van der Waals surface area contributed by atoms with E-state index >= 15 is 0 Å². The Hall–Kier alpha value is -2.20. The number of amides is 1. The van der Waals surface area contributed by atoms with Crippen molar-refractivity contribution in [3.8, 4) is 11.1 Å². The van der Waals surface area contributed by atoms with Crippen LogP contribution in [0.1, 0.15) is 18.9 Å². The van der Waals surface area contributed by atoms with Crippen LogP contribution >= 0.6 is 0 Å². The van der Waals surface area contributed by atoms with Crippen molar-refractivity contribution in [3.63, 3.8) is 0 Å². The van der Waals surface area contributed by atoms with Crippen LogP contribution in [0.5, 0.6) is 0 Å². The Labute approximate surface area is 118 Å². The number of hydrogen-bond acceptors (Lipinski definition) is 3. The summed E-state index contributed by atoms with van der Waals surface area (Å²) < 4.78 is 0. The van der Waals surface area contributed by atoms with E-state index in [2.05, 4.69) is 29.2 Å². The van der Waals surface area contributed by atoms with E-state index in [1.54, 1.807) is 11.7 Å². The zero-order valence-corrected chi connectivity index (χ0v) is 11.4. The van der Waals surface area contributed by atoms with Crippen LogP contribution in [0.25, 0.3) is 11.1 Å². The molecular weight excluding hydrogens is 252 g/mol. The second kappa shape index (κ2) is 6.82. The van der Waals surface area contributed by atoms with Crippen LogP contribution < -0.4 is 5.48 Å². The van der Waals surface area contributed by atoms with Crippen LogP contribution in [0.15, 0.2) is 48.8 Å². The molecule has 4 nitrogen and oxygen atoms in total. The van der Waals surface area contributed by atoms with Crippen LogP contribution in [-0.2, 0) is 11.2 Å². The summed E-state index contributed by atoms with van der Waals surface area (Å²) >= 11 is 0. The molecule has 20 heavy (non-hydrogen) atoms. The largest absolute Gasteiger partial charge is 0.289 e. The highest BCUT2D eigenvalue weighted by Crippen LogP contribution is 2.20. The van der Waals surface area contributed by atoms with Gasteiger partial charge in [-0.3, -0.25) is 15.0 Å². The first-order valence-electron chi connectivity index (χ1n) is 6.61. The maximum atomic E-state index is 11.1. The highest BCUT2D eigenvalue weighted by Gasteiger charge is 2.09. The number of hydroxylamine groups is 1. The van der Waals surface area contributed by atoms with Crippen molar-refractivity contribution in [2.75, 3.05) is 0 Å². The summed E-state index contributed by atoms with van der Waals surface area (Å²) in [5, 5.41) is 8.51. The van der Waals surface area contributed by atoms with Gasteiger partial charge >= 0.3 is 0 Å². The molecule has 0 saturated carbocycles. The average molecular weight is 270 g/mol. The molecule has 2 N–H and O–H groups in total. The predicted octanol–water partition coefficient (Wildman–Crippen LogP) is 2.82. The van der Waals surface area contributed by atoms with Crippen molar-refractivity contribution in [2.45, 2.75) is 19.8 Å². The van der Waals surface area contributed by atoms with E-state index in [0.717, 1.165) is 17.5 Å². The Morgan fingerprint density at radius 2 is 2.00 bits per heavy atom. The molecule has 1 heterocycles. The van der Waals surface area contributed by atoms with Gasteiger partial charge in [-0.2, -0.15) is 0 Å². The van der Waals surface area contributed by atoms with Crippen LogP contribution in [0, 0.1) is 5.92 Å². The first-order chi connectivity index (χ1) is 9.69. The van der Waals surface area contributed by atoms with Gasteiger partial charge in [0, 0.05) is 18.8 Å². The Morgan fingerprint density at radius 1 is 1.25 bits per heavy atom. The monoisotopic (exact) mass is 270 g/mol. The molecule has 0 fully saturated rings. The van der Waals surface area contributed by atoms with Crippen molar-refractivity contribution in [1.82, 2.24) is 10.5 Å². The molecule has 0 saturated heterocycles. The molecule has 0 aliphatic heterocycles. The first-order valence-corrected chi connectivity index (χ1v) is 6.61. The Bertz CT molecular complexity index is 552. The summed E-state index contributed by atoms with van der Waals surface area (Å²) in [6.45, 7) is 1.99. The van der Waals surface area contributed by atoms with E-state index in [9.17, 15) is 4.79 Å². The molecule has 0 spiro atoms. The minimum absolute atomic E-state index is 0.186. The molecule has 1 aromatic heterocycles. The summed E-state index contributed by atoms with van der Waals surface area (Å²) in [6.07, 6.45) is 4.72. The van der Waals surface area contributed by atoms with Crippen LogP contribution in [0.3, 0.4) is 0 Å². The molecule has 0 aliphatic rings. The second-order valence-corrected chi connectivity index (χ2v) is 4.99. The van der Waals surface area contributed by atoms with Gasteiger partial charge in [-0.1, -0.05) is 37.3 Å². The molecule has 1 aromatic carbocycles. The maximum Gasteiger partial charge on any atom is 0.243 e. The van der Waals surface area contributed by atoms with E-state index in [0.29, 0.717) is 6.42 Å². The van der Waals surface area contributed by atoms with Gasteiger partial charge in [0.15, 0.2) is 0 Å². The molecule has 2 rings (SSSR count). The number of carbonyl (C=O) groups excluding carboxylic acids is 1. The molecule has 1 atom stereocenters. The molecular formula is C16H18N2O2. The van der Waals surface area contributed by atoms with Gasteiger partial charge in [0.05, 0.1) is 0 Å². The van der Waals surface area contributed by atoms with Crippen LogP contribution in [0.4, 0.5) is 0 Å². The zero-order valence-electron chi connectivity index (χ0n) is 11.4. The predicted molar refractivity (Wildman–Crippen MR) is 77.1 cm³/mol. The lowest BCUT2D eigenvalue weighted by Gasteiger charge is -2.10. The van der Waals surface area contributed by atoms with Crippen LogP contribution in [-0.4, -0.2) is 16.1 Å². The van der Waals surface area contributed by atoms with E-state index in [1.165, 1.54) is 5.56 Å². The lowest BCUT2D eigenvalue weighted by Crippen LogP contribution is -2.21. The highest BCUT2D eigenvalue weighted by atomic mass is 16.5. The van der Waals surface area contributed by atoms with Gasteiger partial charge in [0.1, 0.15) is 0 Å². The quantitative estimate of drug-likeness (QED) is 0.648. The fourth-order valence-electron chi connectivity index (χ4n) is 2.20. The van der Waals surface area contributed by atoms with Gasteiger partial charge in [-0.05, 0) is 35.1 Å². The van der Waals surface area contributed by atoms with Crippen molar-refractivity contribution < 1.29 is 10.0 Å². The lowest BCUT2D eigenvalue weighted by molar-refractivity contribution is -0.130. The fraction of sp³-hybridized carbons (Fsp3) is 0.250. The number of benzene rings is 1. The van der Waals surface area contributed by atoms with E-state index in [4.69, 9.17) is 5.21 Å². The summed E-state index contributed by atoms with van der Waals surface area (Å²) in [4.78, 5) is 15.2. The molecule has 0 bridgehead atoms. The van der Waals surface area contributed by atoms with Gasteiger partial charge in [-0.15, -0.1) is 0 Å². The molecule has 1 unspecified atom stereocenters. The average Bonchev–Trinajstić information content (AvgIpc) is 2.48. The Kier molecular flexibility index (Phi) is 4.85. The SMILES string of the molecule is CC(CC(=O)NO)Cc1ccc(-c2cccnc2)cc1. The van der Waals surface area contributed by atoms with Crippen molar-refractivity contribution in [3.05, 3.63) is 54.4 Å². The third-order valence-electron chi connectivity index (χ3n) is 3.19. The number of carbonyl (C=O) groups is 1. The molecule has 1 amide bonds. The number of rotatable bonds is 5. The van der Waals surface area contributed by atoms with Crippen molar-refractivity contribution >= 4 is 5.91 Å². The third-order valence-corrected chi connectivity index (χ3v) is 3.19. The molecule has 0 aliphatic carbocycles. The standard InChI is InChI=1S/C16H18N2O2/c1-12(10-16(19)18-20)9-13-4-6-14(7-5-13)15-3-2-8-17-11-15/h2-8,11-12,20H,9-10H2,1H3,(H,18,19). The van der Waals surface area contributed by atoms with Crippen molar-refractivity contribution in [1.29, 1.82) is 0 Å². The molecule has 0 radical (unpaired) electrons. The number of pyridine rings is 1. The summed E-state index contributed by atoms with van der Waals surface area (Å²) in [5.41, 5.74) is 5.06. The van der Waals surface area contributed by atoms with Gasteiger partial charge in [0.25, 0.3) is 0 Å². The fourth-order valence-corrected chi connectivity index (χ4v) is 2.20. The van der Waals surface area contributed by atoms with Gasteiger partial charge in [-0.25, -0.2) is 5.48 Å². The normalized spacial score (nSPS) is 11.9. The number of nitrogens with zero attached hydrogens (tertiary/aromatic N) is 1. The summed E-state index contributed by atoms with van der Waals surface area (Å²) in [6, 6.07) is 12.2. The molecule has 104 valence electrons.